The number of piperidine rings is 1. The minimum absolute atomic E-state index is 0. The van der Waals surface area contributed by atoms with Crippen molar-refractivity contribution in [1.29, 1.82) is 0 Å². The number of benzene rings is 1. The molecule has 1 aliphatic heterocycles. The Bertz CT molecular complexity index is 508. The van der Waals surface area contributed by atoms with E-state index in [1.165, 1.54) is 12.1 Å². The Hall–Kier alpha value is -0.850. The summed E-state index contributed by atoms with van der Waals surface area (Å²) >= 11 is 3.18. The Morgan fingerprint density at radius 3 is 2.68 bits per heavy atom. The van der Waals surface area contributed by atoms with Gasteiger partial charge in [-0.2, -0.15) is 0 Å². The van der Waals surface area contributed by atoms with Crippen molar-refractivity contribution in [2.24, 2.45) is 11.7 Å². The van der Waals surface area contributed by atoms with Crippen LogP contribution in [0.4, 0.5) is 4.39 Å². The Kier molecular flexibility index (Phi) is 7.59. The Balaban J connectivity index is 0.00000242. The van der Waals surface area contributed by atoms with E-state index >= 15 is 0 Å². The van der Waals surface area contributed by atoms with Gasteiger partial charge in [-0.25, -0.2) is 4.39 Å². The Morgan fingerprint density at radius 2 is 2.14 bits per heavy atom. The van der Waals surface area contributed by atoms with E-state index in [9.17, 15) is 9.18 Å². The number of nitrogens with two attached hydrogens (primary N) is 1. The van der Waals surface area contributed by atoms with Crippen LogP contribution in [0.5, 0.6) is 5.75 Å². The van der Waals surface area contributed by atoms with Crippen molar-refractivity contribution in [3.63, 3.8) is 0 Å². The summed E-state index contributed by atoms with van der Waals surface area (Å²) in [5.74, 6) is -0.0239. The van der Waals surface area contributed by atoms with Crippen LogP contribution in [-0.4, -0.2) is 36.5 Å². The molecule has 0 radical (unpaired) electrons. The molecule has 2 N–H and O–H groups in total. The third kappa shape index (κ3) is 5.11. The Labute approximate surface area is 144 Å². The minimum Gasteiger partial charge on any atom is -0.481 e. The summed E-state index contributed by atoms with van der Waals surface area (Å²) in [7, 11) is 0. The molecule has 1 fully saturated rings. The van der Waals surface area contributed by atoms with Gasteiger partial charge < -0.3 is 15.4 Å². The number of carbonyl (C=O) groups excluding carboxylic acids is 1. The van der Waals surface area contributed by atoms with Gasteiger partial charge in [-0.15, -0.1) is 12.4 Å². The fourth-order valence-corrected chi connectivity index (χ4v) is 2.83. The minimum atomic E-state index is -0.479. The first-order valence-corrected chi connectivity index (χ1v) is 7.88. The second kappa shape index (κ2) is 8.70. The zero-order valence-electron chi connectivity index (χ0n) is 12.4. The van der Waals surface area contributed by atoms with Gasteiger partial charge >= 0.3 is 0 Å². The van der Waals surface area contributed by atoms with Crippen molar-refractivity contribution in [3.8, 4) is 5.75 Å². The molecule has 1 atom stereocenters. The molecule has 1 aromatic rings. The van der Waals surface area contributed by atoms with Gasteiger partial charge in [0.05, 0.1) is 0 Å². The molecule has 1 amide bonds. The first-order chi connectivity index (χ1) is 9.97. The lowest BCUT2D eigenvalue weighted by atomic mass is 9.91. The first kappa shape index (κ1) is 19.2. The highest BCUT2D eigenvalue weighted by Crippen LogP contribution is 2.22. The smallest absolute Gasteiger partial charge is 0.260 e. The lowest BCUT2D eigenvalue weighted by molar-refractivity contribution is -0.134. The second-order valence-corrected chi connectivity index (χ2v) is 6.36. The van der Waals surface area contributed by atoms with Gasteiger partial charge in [-0.05, 0) is 43.9 Å². The molecule has 0 spiro atoms. The van der Waals surface area contributed by atoms with Crippen LogP contribution in [0, 0.1) is 11.7 Å². The molecule has 0 bridgehead atoms. The quantitative estimate of drug-likeness (QED) is 0.853. The molecule has 22 heavy (non-hydrogen) atoms. The van der Waals surface area contributed by atoms with E-state index in [4.69, 9.17) is 10.5 Å². The molecule has 7 heteroatoms. The van der Waals surface area contributed by atoms with Crippen LogP contribution in [0.3, 0.4) is 0 Å². The monoisotopic (exact) mass is 394 g/mol. The number of nitrogens with zero attached hydrogens (tertiary/aromatic N) is 1. The molecule has 1 unspecified atom stereocenters. The van der Waals surface area contributed by atoms with E-state index in [0.717, 1.165) is 12.8 Å². The van der Waals surface area contributed by atoms with Gasteiger partial charge in [0.15, 0.2) is 18.2 Å². The fourth-order valence-electron chi connectivity index (χ4n) is 2.50. The summed E-state index contributed by atoms with van der Waals surface area (Å²) in [5.41, 5.74) is 5.88. The van der Waals surface area contributed by atoms with Crippen LogP contribution in [0.2, 0.25) is 0 Å². The number of likely N-dealkylation sites (tertiary alicyclic amines) is 1. The number of hydrogen-bond acceptors (Lipinski definition) is 3. The summed E-state index contributed by atoms with van der Waals surface area (Å²) in [6.07, 6.45) is 1.83. The van der Waals surface area contributed by atoms with Crippen LogP contribution in [0.15, 0.2) is 22.7 Å². The highest BCUT2D eigenvalue weighted by Gasteiger charge is 2.25. The van der Waals surface area contributed by atoms with Crippen molar-refractivity contribution in [2.45, 2.75) is 25.8 Å². The lowest BCUT2D eigenvalue weighted by Crippen LogP contribution is -2.44. The molecule has 1 heterocycles. The largest absolute Gasteiger partial charge is 0.481 e. The molecule has 1 aliphatic rings. The molecule has 0 aliphatic carbocycles. The predicted molar refractivity (Wildman–Crippen MR) is 89.8 cm³/mol. The number of hydrogen-bond donors (Lipinski definition) is 1. The number of halogens is 3. The topological polar surface area (TPSA) is 55.6 Å². The zero-order valence-corrected chi connectivity index (χ0v) is 14.8. The van der Waals surface area contributed by atoms with Crippen LogP contribution in [0.25, 0.3) is 0 Å². The molecular weight excluding hydrogens is 375 g/mol. The lowest BCUT2D eigenvalue weighted by Gasteiger charge is -2.33. The Morgan fingerprint density at radius 1 is 1.50 bits per heavy atom. The molecule has 4 nitrogen and oxygen atoms in total. The second-order valence-electron chi connectivity index (χ2n) is 5.44. The van der Waals surface area contributed by atoms with Gasteiger partial charge in [-0.1, -0.05) is 15.9 Å². The maximum absolute atomic E-state index is 13.6. The van der Waals surface area contributed by atoms with Crippen LogP contribution in [0.1, 0.15) is 19.8 Å². The van der Waals surface area contributed by atoms with Gasteiger partial charge in [0.2, 0.25) is 0 Å². The van der Waals surface area contributed by atoms with Gasteiger partial charge in [0.25, 0.3) is 5.91 Å². The third-order valence-electron chi connectivity index (χ3n) is 3.88. The first-order valence-electron chi connectivity index (χ1n) is 7.08. The van der Waals surface area contributed by atoms with Crippen molar-refractivity contribution < 1.29 is 13.9 Å². The van der Waals surface area contributed by atoms with Crippen LogP contribution in [-0.2, 0) is 4.79 Å². The fraction of sp³-hybridized carbons (Fsp3) is 0.533. The van der Waals surface area contributed by atoms with E-state index in [-0.39, 0.29) is 36.7 Å². The zero-order chi connectivity index (χ0) is 15.4. The summed E-state index contributed by atoms with van der Waals surface area (Å²) in [6.45, 7) is 3.25. The maximum atomic E-state index is 13.6. The SMILES string of the molecule is CC(N)C1CCN(C(=O)COc2ccc(Br)cc2F)CC1.Cl. The van der Waals surface area contributed by atoms with Crippen molar-refractivity contribution in [1.82, 2.24) is 4.90 Å². The molecular formula is C15H21BrClFN2O2. The van der Waals surface area contributed by atoms with Crippen molar-refractivity contribution in [3.05, 3.63) is 28.5 Å². The van der Waals surface area contributed by atoms with E-state index in [1.54, 1.807) is 11.0 Å². The summed E-state index contributed by atoms with van der Waals surface area (Å²) in [4.78, 5) is 13.8. The van der Waals surface area contributed by atoms with Crippen molar-refractivity contribution in [2.75, 3.05) is 19.7 Å². The summed E-state index contributed by atoms with van der Waals surface area (Å²) < 4.78 is 19.5. The molecule has 1 aromatic carbocycles. The molecule has 0 aromatic heterocycles. The average Bonchev–Trinajstić information content (AvgIpc) is 2.46. The van der Waals surface area contributed by atoms with Gasteiger partial charge in [0, 0.05) is 23.6 Å². The molecule has 2 rings (SSSR count). The third-order valence-corrected chi connectivity index (χ3v) is 4.37. The molecule has 124 valence electrons. The number of carbonyl (C=O) groups is 1. The van der Waals surface area contributed by atoms with E-state index in [2.05, 4.69) is 15.9 Å². The number of amides is 1. The van der Waals surface area contributed by atoms with E-state index in [0.29, 0.717) is 23.5 Å². The number of rotatable bonds is 4. The van der Waals surface area contributed by atoms with Gasteiger partial charge in [0.1, 0.15) is 0 Å². The molecule has 0 saturated carbocycles. The summed E-state index contributed by atoms with van der Waals surface area (Å²) in [5, 5.41) is 0. The van der Waals surface area contributed by atoms with Crippen LogP contribution < -0.4 is 10.5 Å². The number of ether oxygens (including phenoxy) is 1. The average molecular weight is 396 g/mol. The van der Waals surface area contributed by atoms with E-state index < -0.39 is 5.82 Å². The molecule has 1 saturated heterocycles. The van der Waals surface area contributed by atoms with Gasteiger partial charge in [-0.3, -0.25) is 4.79 Å². The summed E-state index contributed by atoms with van der Waals surface area (Å²) in [6, 6.07) is 4.66. The normalized spacial score (nSPS) is 16.8. The predicted octanol–water partition coefficient (Wildman–Crippen LogP) is 2.97. The highest BCUT2D eigenvalue weighted by molar-refractivity contribution is 9.10. The van der Waals surface area contributed by atoms with E-state index in [1.807, 2.05) is 6.92 Å². The highest BCUT2D eigenvalue weighted by atomic mass is 79.9. The maximum Gasteiger partial charge on any atom is 0.260 e. The van der Waals surface area contributed by atoms with Crippen LogP contribution >= 0.6 is 28.3 Å². The van der Waals surface area contributed by atoms with Crippen molar-refractivity contribution >= 4 is 34.2 Å². The standard InChI is InChI=1S/C15H20BrFN2O2.ClH/c1-10(18)11-4-6-19(7-5-11)15(20)9-21-14-3-2-12(16)8-13(14)17;/h2-3,8,10-11H,4-7,9,18H2,1H3;1H.